The third-order valence-corrected chi connectivity index (χ3v) is 5.04. The van der Waals surface area contributed by atoms with E-state index in [0.717, 1.165) is 36.4 Å². The van der Waals surface area contributed by atoms with Crippen molar-refractivity contribution >= 4 is 17.5 Å². The molecule has 2 aliphatic rings. The molecular weight excluding hydrogens is 332 g/mol. The van der Waals surface area contributed by atoms with Crippen molar-refractivity contribution in [1.29, 1.82) is 0 Å². The van der Waals surface area contributed by atoms with E-state index in [0.29, 0.717) is 24.6 Å². The number of hydrogen-bond acceptors (Lipinski definition) is 4. The Bertz CT molecular complexity index is 852. The SMILES string of the molecule is COc1ccc(NC(=O)c2nc3c(n2C)CCN(C(=O)C2CC2)C3)cc1. The number of benzene rings is 1. The van der Waals surface area contributed by atoms with E-state index in [1.54, 1.807) is 31.4 Å². The van der Waals surface area contributed by atoms with Crippen molar-refractivity contribution in [2.45, 2.75) is 25.8 Å². The highest BCUT2D eigenvalue weighted by Crippen LogP contribution is 2.32. The maximum absolute atomic E-state index is 12.6. The summed E-state index contributed by atoms with van der Waals surface area (Å²) in [5.41, 5.74) is 2.54. The number of nitrogens with zero attached hydrogens (tertiary/aromatic N) is 3. The minimum Gasteiger partial charge on any atom is -0.497 e. The lowest BCUT2D eigenvalue weighted by Crippen LogP contribution is -2.37. The normalized spacial score (nSPS) is 16.2. The standard InChI is InChI=1S/C19H22N4O3/c1-22-16-9-10-23(19(25)12-3-4-12)11-15(16)21-17(22)18(24)20-13-5-7-14(26-2)8-6-13/h5-8,12H,3-4,9-11H2,1-2H3,(H,20,24). The Hall–Kier alpha value is -2.83. The first kappa shape index (κ1) is 16.6. The van der Waals surface area contributed by atoms with Crippen molar-refractivity contribution < 1.29 is 14.3 Å². The van der Waals surface area contributed by atoms with E-state index in [9.17, 15) is 9.59 Å². The molecule has 1 fully saturated rings. The van der Waals surface area contributed by atoms with Crippen LogP contribution in [0.4, 0.5) is 5.69 Å². The van der Waals surface area contributed by atoms with Gasteiger partial charge in [0.25, 0.3) is 5.91 Å². The summed E-state index contributed by atoms with van der Waals surface area (Å²) in [5.74, 6) is 1.28. The molecule has 1 saturated carbocycles. The highest BCUT2D eigenvalue weighted by Gasteiger charge is 2.36. The van der Waals surface area contributed by atoms with Gasteiger partial charge in [-0.2, -0.15) is 0 Å². The lowest BCUT2D eigenvalue weighted by molar-refractivity contribution is -0.133. The molecule has 2 heterocycles. The first-order valence-electron chi connectivity index (χ1n) is 8.85. The number of nitrogens with one attached hydrogen (secondary N) is 1. The molecule has 2 aromatic rings. The minimum absolute atomic E-state index is 0.207. The summed E-state index contributed by atoms with van der Waals surface area (Å²) in [6, 6.07) is 7.16. The summed E-state index contributed by atoms with van der Waals surface area (Å²) in [4.78, 5) is 31.3. The minimum atomic E-state index is -0.257. The van der Waals surface area contributed by atoms with Crippen LogP contribution in [0.25, 0.3) is 0 Å². The molecule has 0 radical (unpaired) electrons. The highest BCUT2D eigenvalue weighted by molar-refractivity contribution is 6.02. The van der Waals surface area contributed by atoms with Gasteiger partial charge in [0, 0.05) is 37.3 Å². The molecule has 136 valence electrons. The Kier molecular flexibility index (Phi) is 4.14. The summed E-state index contributed by atoms with van der Waals surface area (Å²) in [6.45, 7) is 1.19. The highest BCUT2D eigenvalue weighted by atomic mass is 16.5. The molecule has 1 aromatic heterocycles. The van der Waals surface area contributed by atoms with Crippen molar-refractivity contribution in [1.82, 2.24) is 14.5 Å². The van der Waals surface area contributed by atoms with Gasteiger partial charge in [0.1, 0.15) is 5.75 Å². The Morgan fingerprint density at radius 3 is 2.62 bits per heavy atom. The Morgan fingerprint density at radius 1 is 1.23 bits per heavy atom. The second-order valence-corrected chi connectivity index (χ2v) is 6.85. The number of imidazole rings is 1. The summed E-state index contributed by atoms with van der Waals surface area (Å²) in [7, 11) is 3.45. The number of rotatable bonds is 4. The van der Waals surface area contributed by atoms with Crippen molar-refractivity contribution in [3.05, 3.63) is 41.5 Å². The van der Waals surface area contributed by atoms with Crippen LogP contribution in [-0.4, -0.2) is 39.9 Å². The summed E-state index contributed by atoms with van der Waals surface area (Å²) >= 11 is 0. The molecule has 0 spiro atoms. The van der Waals surface area contributed by atoms with Crippen LogP contribution in [0.15, 0.2) is 24.3 Å². The van der Waals surface area contributed by atoms with Crippen LogP contribution in [0.1, 0.15) is 34.8 Å². The zero-order chi connectivity index (χ0) is 18.3. The van der Waals surface area contributed by atoms with Crippen molar-refractivity contribution in [3.63, 3.8) is 0 Å². The smallest absolute Gasteiger partial charge is 0.291 e. The maximum Gasteiger partial charge on any atom is 0.291 e. The quantitative estimate of drug-likeness (QED) is 0.911. The van der Waals surface area contributed by atoms with Gasteiger partial charge >= 0.3 is 0 Å². The predicted molar refractivity (Wildman–Crippen MR) is 96.0 cm³/mol. The molecule has 1 aliphatic carbocycles. The van der Waals surface area contributed by atoms with E-state index in [-0.39, 0.29) is 17.7 Å². The van der Waals surface area contributed by atoms with Crippen LogP contribution < -0.4 is 10.1 Å². The van der Waals surface area contributed by atoms with Crippen LogP contribution in [0, 0.1) is 5.92 Å². The second-order valence-electron chi connectivity index (χ2n) is 6.85. The second kappa shape index (κ2) is 6.48. The van der Waals surface area contributed by atoms with Crippen molar-refractivity contribution in [3.8, 4) is 5.75 Å². The number of hydrogen-bond donors (Lipinski definition) is 1. The van der Waals surface area contributed by atoms with Gasteiger partial charge in [0.2, 0.25) is 5.91 Å². The molecule has 26 heavy (non-hydrogen) atoms. The molecule has 1 aliphatic heterocycles. The zero-order valence-electron chi connectivity index (χ0n) is 15.0. The predicted octanol–water partition coefficient (Wildman–Crippen LogP) is 1.98. The molecule has 2 amide bonds. The Labute approximate surface area is 152 Å². The van der Waals surface area contributed by atoms with E-state index < -0.39 is 0 Å². The van der Waals surface area contributed by atoms with Crippen LogP contribution in [-0.2, 0) is 24.8 Å². The molecular formula is C19H22N4O3. The number of carbonyl (C=O) groups excluding carboxylic acids is 2. The fraction of sp³-hybridized carbons (Fsp3) is 0.421. The molecule has 0 bridgehead atoms. The third kappa shape index (κ3) is 3.05. The molecule has 0 saturated heterocycles. The van der Waals surface area contributed by atoms with Crippen LogP contribution in [0.3, 0.4) is 0 Å². The molecule has 4 rings (SSSR count). The van der Waals surface area contributed by atoms with Gasteiger partial charge < -0.3 is 19.5 Å². The number of anilines is 1. The summed E-state index contributed by atoms with van der Waals surface area (Å²) < 4.78 is 6.96. The van der Waals surface area contributed by atoms with Gasteiger partial charge in [-0.25, -0.2) is 4.98 Å². The van der Waals surface area contributed by atoms with Gasteiger partial charge in [0.15, 0.2) is 5.82 Å². The fourth-order valence-electron chi connectivity index (χ4n) is 3.37. The Morgan fingerprint density at radius 2 is 1.96 bits per heavy atom. The monoisotopic (exact) mass is 354 g/mol. The average molecular weight is 354 g/mol. The van der Waals surface area contributed by atoms with Crippen LogP contribution in [0.2, 0.25) is 0 Å². The van der Waals surface area contributed by atoms with Crippen molar-refractivity contribution in [2.75, 3.05) is 19.0 Å². The topological polar surface area (TPSA) is 76.5 Å². The number of amides is 2. The number of fused-ring (bicyclic) bond motifs is 1. The maximum atomic E-state index is 12.6. The van der Waals surface area contributed by atoms with E-state index in [1.807, 2.05) is 16.5 Å². The first-order chi connectivity index (χ1) is 12.6. The van der Waals surface area contributed by atoms with Crippen LogP contribution in [0.5, 0.6) is 5.75 Å². The van der Waals surface area contributed by atoms with Gasteiger partial charge in [-0.15, -0.1) is 0 Å². The molecule has 7 heteroatoms. The molecule has 7 nitrogen and oxygen atoms in total. The van der Waals surface area contributed by atoms with Crippen LogP contribution >= 0.6 is 0 Å². The molecule has 1 N–H and O–H groups in total. The zero-order valence-corrected chi connectivity index (χ0v) is 15.0. The number of methoxy groups -OCH3 is 1. The van der Waals surface area contributed by atoms with Gasteiger partial charge in [0.05, 0.1) is 19.3 Å². The number of carbonyl (C=O) groups is 2. The van der Waals surface area contributed by atoms with Gasteiger partial charge in [-0.05, 0) is 37.1 Å². The summed E-state index contributed by atoms with van der Waals surface area (Å²) in [5, 5.41) is 2.86. The first-order valence-corrected chi connectivity index (χ1v) is 8.85. The molecule has 0 unspecified atom stereocenters. The Balaban J connectivity index is 1.50. The van der Waals surface area contributed by atoms with Gasteiger partial charge in [-0.1, -0.05) is 0 Å². The van der Waals surface area contributed by atoms with Crippen molar-refractivity contribution in [2.24, 2.45) is 13.0 Å². The van der Waals surface area contributed by atoms with E-state index in [4.69, 9.17) is 4.74 Å². The molecule has 0 atom stereocenters. The van der Waals surface area contributed by atoms with E-state index in [2.05, 4.69) is 10.3 Å². The van der Waals surface area contributed by atoms with E-state index >= 15 is 0 Å². The lowest BCUT2D eigenvalue weighted by atomic mass is 10.1. The van der Waals surface area contributed by atoms with E-state index in [1.165, 1.54) is 0 Å². The average Bonchev–Trinajstić information content (AvgIpc) is 3.45. The number of ether oxygens (including phenoxy) is 1. The third-order valence-electron chi connectivity index (χ3n) is 5.04. The largest absolute Gasteiger partial charge is 0.497 e. The molecule has 1 aromatic carbocycles. The number of aromatic nitrogens is 2. The fourth-order valence-corrected chi connectivity index (χ4v) is 3.37. The summed E-state index contributed by atoms with van der Waals surface area (Å²) in [6.07, 6.45) is 2.73. The van der Waals surface area contributed by atoms with Gasteiger partial charge in [-0.3, -0.25) is 9.59 Å². The lowest BCUT2D eigenvalue weighted by Gasteiger charge is -2.26.